The molecule has 0 rings (SSSR count). The maximum atomic E-state index is 12.7. The first-order valence-corrected chi connectivity index (χ1v) is 21.7. The van der Waals surface area contributed by atoms with Crippen molar-refractivity contribution in [3.05, 3.63) is 12.2 Å². The first kappa shape index (κ1) is 46.7. The van der Waals surface area contributed by atoms with Gasteiger partial charge in [-0.2, -0.15) is 0 Å². The van der Waals surface area contributed by atoms with Gasteiger partial charge in [0.25, 0.3) is 0 Å². The summed E-state index contributed by atoms with van der Waals surface area (Å²) in [5.74, 6) is -0.692. The van der Waals surface area contributed by atoms with Gasteiger partial charge in [0.1, 0.15) is 6.10 Å². The van der Waals surface area contributed by atoms with Gasteiger partial charge in [-0.25, -0.2) is 0 Å². The summed E-state index contributed by atoms with van der Waals surface area (Å²) in [6.07, 6.45) is 49.5. The highest BCUT2D eigenvalue weighted by molar-refractivity contribution is 5.69. The molecule has 0 aromatic rings. The van der Waals surface area contributed by atoms with E-state index in [1.807, 2.05) is 0 Å². The number of allylic oxidation sites excluding steroid dienone is 2. The van der Waals surface area contributed by atoms with Crippen LogP contribution in [-0.4, -0.2) is 23.1 Å². The van der Waals surface area contributed by atoms with Gasteiger partial charge in [-0.3, -0.25) is 9.59 Å². The Morgan fingerprint density at radius 2 is 0.750 bits per heavy atom. The molecule has 0 amide bonds. The number of carboxylic acids is 1. The van der Waals surface area contributed by atoms with Crippen molar-refractivity contribution in [3.63, 3.8) is 0 Å². The number of unbranched alkanes of at least 4 members (excludes halogenated alkanes) is 29. The molecule has 1 N–H and O–H groups in total. The van der Waals surface area contributed by atoms with Crippen molar-refractivity contribution in [2.45, 2.75) is 258 Å². The van der Waals surface area contributed by atoms with Gasteiger partial charge in [-0.1, -0.05) is 187 Å². The van der Waals surface area contributed by atoms with Crippen LogP contribution in [0.3, 0.4) is 0 Å². The van der Waals surface area contributed by atoms with Crippen LogP contribution in [0.4, 0.5) is 0 Å². The minimum Gasteiger partial charge on any atom is -0.481 e. The van der Waals surface area contributed by atoms with Crippen molar-refractivity contribution in [1.82, 2.24) is 0 Å². The monoisotopic (exact) mass is 677 g/mol. The summed E-state index contributed by atoms with van der Waals surface area (Å²) in [5.41, 5.74) is 0. The van der Waals surface area contributed by atoms with E-state index >= 15 is 0 Å². The van der Waals surface area contributed by atoms with Crippen LogP contribution in [0, 0.1) is 0 Å². The van der Waals surface area contributed by atoms with E-state index in [0.29, 0.717) is 6.42 Å². The summed E-state index contributed by atoms with van der Waals surface area (Å²) in [5, 5.41) is 8.83. The second kappa shape index (κ2) is 40.1. The van der Waals surface area contributed by atoms with Crippen molar-refractivity contribution in [2.24, 2.45) is 0 Å². The molecule has 0 bridgehead atoms. The minimum atomic E-state index is -0.697. The average Bonchev–Trinajstić information content (AvgIpc) is 3.07. The van der Waals surface area contributed by atoms with Crippen molar-refractivity contribution in [1.29, 1.82) is 0 Å². The van der Waals surface area contributed by atoms with Crippen LogP contribution in [0.15, 0.2) is 12.2 Å². The normalized spacial score (nSPS) is 12.2. The summed E-state index contributed by atoms with van der Waals surface area (Å²) in [6.45, 7) is 4.56. The molecule has 4 nitrogen and oxygen atoms in total. The summed E-state index contributed by atoms with van der Waals surface area (Å²) >= 11 is 0. The third kappa shape index (κ3) is 39.1. The lowest BCUT2D eigenvalue weighted by atomic mass is 10.0. The number of carbonyl (C=O) groups is 2. The molecule has 0 aromatic carbocycles. The van der Waals surface area contributed by atoms with E-state index in [1.165, 1.54) is 161 Å². The van der Waals surface area contributed by atoms with E-state index < -0.39 is 5.97 Å². The molecule has 0 heterocycles. The zero-order valence-corrected chi connectivity index (χ0v) is 32.6. The SMILES string of the molecule is CCCCCCCC/C=C\CCCCCCCCCCCC(=O)OC(CCCCCCCCCCCCC)CCCCCCCC(=O)O. The van der Waals surface area contributed by atoms with E-state index in [0.717, 1.165) is 64.2 Å². The molecule has 0 aliphatic heterocycles. The number of aliphatic carboxylic acids is 1. The molecule has 0 saturated heterocycles. The summed E-state index contributed by atoms with van der Waals surface area (Å²) < 4.78 is 6.02. The molecule has 0 fully saturated rings. The standard InChI is InChI=1S/C44H84O4/c1-3-5-7-9-11-13-15-16-17-18-19-20-21-22-24-26-28-33-37-41-44(47)48-42(39-35-31-29-32-36-40-43(45)46)38-34-30-27-25-23-14-12-10-8-6-4-2/h16-17,42H,3-15,18-41H2,1-2H3,(H,45,46)/b17-16-. The van der Waals surface area contributed by atoms with E-state index in [4.69, 9.17) is 9.84 Å². The Kier molecular flexibility index (Phi) is 39.0. The second-order valence-electron chi connectivity index (χ2n) is 14.9. The number of hydrogen-bond acceptors (Lipinski definition) is 3. The van der Waals surface area contributed by atoms with Gasteiger partial charge in [-0.05, 0) is 64.2 Å². The highest BCUT2D eigenvalue weighted by Crippen LogP contribution is 2.19. The van der Waals surface area contributed by atoms with Crippen LogP contribution in [-0.2, 0) is 14.3 Å². The molecule has 1 atom stereocenters. The fourth-order valence-electron chi connectivity index (χ4n) is 6.77. The lowest BCUT2D eigenvalue weighted by molar-refractivity contribution is -0.150. The van der Waals surface area contributed by atoms with Crippen LogP contribution >= 0.6 is 0 Å². The molecule has 1 unspecified atom stereocenters. The predicted molar refractivity (Wildman–Crippen MR) is 209 cm³/mol. The second-order valence-corrected chi connectivity index (χ2v) is 14.9. The van der Waals surface area contributed by atoms with Crippen LogP contribution in [0.5, 0.6) is 0 Å². The molecule has 0 aromatic heterocycles. The van der Waals surface area contributed by atoms with E-state index in [2.05, 4.69) is 26.0 Å². The Morgan fingerprint density at radius 1 is 0.438 bits per heavy atom. The van der Waals surface area contributed by atoms with Crippen LogP contribution in [0.25, 0.3) is 0 Å². The quantitative estimate of drug-likeness (QED) is 0.0398. The van der Waals surface area contributed by atoms with Gasteiger partial charge in [0.15, 0.2) is 0 Å². The highest BCUT2D eigenvalue weighted by atomic mass is 16.5. The number of rotatable bonds is 40. The molecule has 0 aliphatic rings. The Hall–Kier alpha value is -1.32. The zero-order chi connectivity index (χ0) is 35.0. The van der Waals surface area contributed by atoms with Crippen LogP contribution in [0.1, 0.15) is 251 Å². The topological polar surface area (TPSA) is 63.6 Å². The maximum Gasteiger partial charge on any atom is 0.306 e. The first-order valence-electron chi connectivity index (χ1n) is 21.7. The molecule has 48 heavy (non-hydrogen) atoms. The first-order chi connectivity index (χ1) is 23.6. The number of ether oxygens (including phenoxy) is 1. The largest absolute Gasteiger partial charge is 0.481 e. The van der Waals surface area contributed by atoms with Crippen molar-refractivity contribution >= 4 is 11.9 Å². The number of carboxylic acid groups (broad SMARTS) is 1. The molecular formula is C44H84O4. The molecule has 0 spiro atoms. The van der Waals surface area contributed by atoms with E-state index in [1.54, 1.807) is 0 Å². The Bertz CT molecular complexity index is 687. The summed E-state index contributed by atoms with van der Waals surface area (Å²) in [4.78, 5) is 23.4. The zero-order valence-electron chi connectivity index (χ0n) is 32.6. The smallest absolute Gasteiger partial charge is 0.306 e. The van der Waals surface area contributed by atoms with Gasteiger partial charge in [-0.15, -0.1) is 0 Å². The van der Waals surface area contributed by atoms with Crippen LogP contribution in [0.2, 0.25) is 0 Å². The predicted octanol–water partition coefficient (Wildman–Crippen LogP) is 15.0. The summed E-state index contributed by atoms with van der Waals surface area (Å²) in [7, 11) is 0. The van der Waals surface area contributed by atoms with E-state index in [9.17, 15) is 9.59 Å². The number of hydrogen-bond donors (Lipinski definition) is 1. The molecule has 4 heteroatoms. The average molecular weight is 677 g/mol. The van der Waals surface area contributed by atoms with Crippen molar-refractivity contribution < 1.29 is 19.4 Å². The third-order valence-electron chi connectivity index (χ3n) is 9.99. The molecule has 0 radical (unpaired) electrons. The highest BCUT2D eigenvalue weighted by Gasteiger charge is 2.14. The number of esters is 1. The third-order valence-corrected chi connectivity index (χ3v) is 9.99. The molecule has 0 aliphatic carbocycles. The van der Waals surface area contributed by atoms with Crippen molar-refractivity contribution in [2.75, 3.05) is 0 Å². The lowest BCUT2D eigenvalue weighted by Crippen LogP contribution is -2.18. The Labute approximate surface area is 300 Å². The van der Waals surface area contributed by atoms with Gasteiger partial charge in [0, 0.05) is 12.8 Å². The molecular weight excluding hydrogens is 592 g/mol. The van der Waals surface area contributed by atoms with Gasteiger partial charge >= 0.3 is 11.9 Å². The minimum absolute atomic E-state index is 0.00514. The van der Waals surface area contributed by atoms with Gasteiger partial charge in [0.2, 0.25) is 0 Å². The van der Waals surface area contributed by atoms with Crippen LogP contribution < -0.4 is 0 Å². The van der Waals surface area contributed by atoms with Crippen molar-refractivity contribution in [3.8, 4) is 0 Å². The van der Waals surface area contributed by atoms with Gasteiger partial charge < -0.3 is 9.84 Å². The van der Waals surface area contributed by atoms with E-state index in [-0.39, 0.29) is 18.5 Å². The fraction of sp³-hybridized carbons (Fsp3) is 0.909. The molecule has 0 saturated carbocycles. The lowest BCUT2D eigenvalue weighted by Gasteiger charge is -2.18. The fourth-order valence-corrected chi connectivity index (χ4v) is 6.77. The Balaban J connectivity index is 3.92. The summed E-state index contributed by atoms with van der Waals surface area (Å²) in [6, 6.07) is 0. The van der Waals surface area contributed by atoms with Gasteiger partial charge in [0.05, 0.1) is 0 Å². The molecule has 284 valence electrons. The number of carbonyl (C=O) groups excluding carboxylic acids is 1. The Morgan fingerprint density at radius 3 is 1.12 bits per heavy atom. The maximum absolute atomic E-state index is 12.7.